The van der Waals surface area contributed by atoms with Crippen molar-refractivity contribution >= 4 is 22.5 Å². The zero-order valence-corrected chi connectivity index (χ0v) is 15.0. The van der Waals surface area contributed by atoms with Crippen molar-refractivity contribution in [3.05, 3.63) is 29.8 Å². The van der Waals surface area contributed by atoms with Gasteiger partial charge >= 0.3 is 6.03 Å². The van der Waals surface area contributed by atoms with Gasteiger partial charge in [-0.15, -0.1) is 0 Å². The predicted octanol–water partition coefficient (Wildman–Crippen LogP) is 3.51. The van der Waals surface area contributed by atoms with Crippen molar-refractivity contribution in [2.75, 3.05) is 11.6 Å². The highest BCUT2D eigenvalue weighted by Gasteiger charge is 2.54. The van der Waals surface area contributed by atoms with Crippen molar-refractivity contribution in [1.29, 1.82) is 0 Å². The second kappa shape index (κ2) is 6.51. The van der Waals surface area contributed by atoms with Gasteiger partial charge in [0.25, 0.3) is 0 Å². The summed E-state index contributed by atoms with van der Waals surface area (Å²) in [5, 5.41) is 6.20. The first-order valence-corrected chi connectivity index (χ1v) is 10.8. The molecular weight excluding hydrogens is 320 g/mol. The molecule has 0 heterocycles. The molecule has 3 aliphatic carbocycles. The van der Waals surface area contributed by atoms with Crippen molar-refractivity contribution in [2.45, 2.75) is 43.9 Å². The number of urea groups is 1. The van der Waals surface area contributed by atoms with E-state index in [1.54, 1.807) is 6.26 Å². The molecule has 0 spiro atoms. The van der Waals surface area contributed by atoms with Gasteiger partial charge in [0.1, 0.15) is 0 Å². The molecule has 2 bridgehead atoms. The Hall–Kier alpha value is -1.36. The topological polar surface area (TPSA) is 58.2 Å². The molecule has 6 atom stereocenters. The SMILES string of the molecule is CS(=O)Cc1ccccc1NC(=O)NC1CC2CC1C1CCCC21. The summed E-state index contributed by atoms with van der Waals surface area (Å²) in [5.74, 6) is 3.78. The number of rotatable bonds is 4. The average molecular weight is 346 g/mol. The predicted molar refractivity (Wildman–Crippen MR) is 97.2 cm³/mol. The Morgan fingerprint density at radius 1 is 1.17 bits per heavy atom. The monoisotopic (exact) mass is 346 g/mol. The van der Waals surface area contributed by atoms with Gasteiger partial charge in [-0.2, -0.15) is 0 Å². The number of hydrogen-bond acceptors (Lipinski definition) is 2. The van der Waals surface area contributed by atoms with Crippen LogP contribution >= 0.6 is 0 Å². The van der Waals surface area contributed by atoms with E-state index in [1.165, 1.54) is 25.7 Å². The molecule has 0 radical (unpaired) electrons. The van der Waals surface area contributed by atoms with Crippen molar-refractivity contribution < 1.29 is 9.00 Å². The molecule has 0 aliphatic heterocycles. The third-order valence-electron chi connectivity index (χ3n) is 6.37. The van der Waals surface area contributed by atoms with Gasteiger partial charge in [-0.25, -0.2) is 4.79 Å². The van der Waals surface area contributed by atoms with Crippen LogP contribution in [0.4, 0.5) is 10.5 Å². The van der Waals surface area contributed by atoms with Crippen LogP contribution in [-0.2, 0) is 16.6 Å². The average Bonchev–Trinajstić information content (AvgIpc) is 3.20. The second-order valence-corrected chi connectivity index (χ2v) is 9.17. The first-order chi connectivity index (χ1) is 11.6. The summed E-state index contributed by atoms with van der Waals surface area (Å²) in [4.78, 5) is 12.5. The normalized spacial score (nSPS) is 34.8. The first-order valence-electron chi connectivity index (χ1n) is 9.07. The number of carbonyl (C=O) groups is 1. The molecule has 3 fully saturated rings. The van der Waals surface area contributed by atoms with E-state index >= 15 is 0 Å². The van der Waals surface area contributed by atoms with Crippen molar-refractivity contribution in [1.82, 2.24) is 5.32 Å². The van der Waals surface area contributed by atoms with Crippen LogP contribution in [0.15, 0.2) is 24.3 Å². The Morgan fingerprint density at radius 2 is 1.96 bits per heavy atom. The molecule has 3 aliphatic rings. The maximum atomic E-state index is 12.5. The minimum absolute atomic E-state index is 0.114. The van der Waals surface area contributed by atoms with Crippen LogP contribution in [0.3, 0.4) is 0 Å². The molecule has 1 aromatic rings. The van der Waals surface area contributed by atoms with Gasteiger partial charge < -0.3 is 10.6 Å². The van der Waals surface area contributed by atoms with Crippen LogP contribution in [0.1, 0.15) is 37.7 Å². The van der Waals surface area contributed by atoms with E-state index < -0.39 is 10.8 Å². The molecule has 5 heteroatoms. The molecule has 2 amide bonds. The van der Waals surface area contributed by atoms with E-state index in [2.05, 4.69) is 10.6 Å². The van der Waals surface area contributed by atoms with Gasteiger partial charge in [0.05, 0.1) is 5.75 Å². The van der Waals surface area contributed by atoms with Crippen LogP contribution in [0, 0.1) is 23.7 Å². The summed E-state index contributed by atoms with van der Waals surface area (Å²) >= 11 is 0. The maximum absolute atomic E-state index is 12.5. The van der Waals surface area contributed by atoms with Gasteiger partial charge in [-0.3, -0.25) is 4.21 Å². The third kappa shape index (κ3) is 2.99. The molecule has 4 nitrogen and oxygen atoms in total. The fourth-order valence-corrected chi connectivity index (χ4v) is 6.24. The van der Waals surface area contributed by atoms with Gasteiger partial charge in [-0.1, -0.05) is 24.6 Å². The van der Waals surface area contributed by atoms with Gasteiger partial charge in [0, 0.05) is 28.8 Å². The molecule has 0 aromatic heterocycles. The summed E-state index contributed by atoms with van der Waals surface area (Å²) in [6.45, 7) is 0. The van der Waals surface area contributed by atoms with E-state index in [1.807, 2.05) is 24.3 Å². The Bertz CT molecular complexity index is 663. The molecule has 6 unspecified atom stereocenters. The number of benzene rings is 1. The number of carbonyl (C=O) groups excluding carboxylic acids is 1. The highest BCUT2D eigenvalue weighted by molar-refractivity contribution is 7.83. The van der Waals surface area contributed by atoms with Crippen LogP contribution in [-0.4, -0.2) is 22.5 Å². The van der Waals surface area contributed by atoms with Gasteiger partial charge in [0.2, 0.25) is 0 Å². The molecule has 4 rings (SSSR count). The zero-order chi connectivity index (χ0) is 16.7. The molecule has 0 saturated heterocycles. The van der Waals surface area contributed by atoms with Crippen LogP contribution in [0.2, 0.25) is 0 Å². The van der Waals surface area contributed by atoms with E-state index in [9.17, 15) is 9.00 Å². The van der Waals surface area contributed by atoms with E-state index in [0.29, 0.717) is 17.7 Å². The molecule has 24 heavy (non-hydrogen) atoms. The largest absolute Gasteiger partial charge is 0.335 e. The Labute approximate surface area is 146 Å². The fourth-order valence-electron chi connectivity index (χ4n) is 5.55. The molecule has 1 aromatic carbocycles. The summed E-state index contributed by atoms with van der Waals surface area (Å²) in [6.07, 6.45) is 8.29. The standard InChI is InChI=1S/C19H26N2O2S/c1-24(23)11-12-5-2-3-8-17(12)20-19(22)21-18-10-13-9-16(18)15-7-4-6-14(13)15/h2-3,5,8,13-16,18H,4,6-7,9-11H2,1H3,(H2,20,21,22). The van der Waals surface area contributed by atoms with Gasteiger partial charge in [-0.05, 0) is 61.0 Å². The number of amides is 2. The minimum Gasteiger partial charge on any atom is -0.335 e. The lowest BCUT2D eigenvalue weighted by Crippen LogP contribution is -2.44. The lowest BCUT2D eigenvalue weighted by molar-refractivity contribution is 0.203. The molecule has 130 valence electrons. The van der Waals surface area contributed by atoms with E-state index in [4.69, 9.17) is 0 Å². The molecule has 3 saturated carbocycles. The highest BCUT2D eigenvalue weighted by Crippen LogP contribution is 2.58. The van der Waals surface area contributed by atoms with E-state index in [0.717, 1.165) is 35.4 Å². The molecular formula is C19H26N2O2S. The number of hydrogen-bond donors (Lipinski definition) is 2. The quantitative estimate of drug-likeness (QED) is 0.876. The highest BCUT2D eigenvalue weighted by atomic mass is 32.2. The van der Waals surface area contributed by atoms with Crippen LogP contribution < -0.4 is 10.6 Å². The summed E-state index contributed by atoms with van der Waals surface area (Å²) in [6, 6.07) is 7.85. The zero-order valence-electron chi connectivity index (χ0n) is 14.2. The maximum Gasteiger partial charge on any atom is 0.319 e. The Morgan fingerprint density at radius 3 is 2.79 bits per heavy atom. The minimum atomic E-state index is -0.922. The first kappa shape index (κ1) is 16.1. The summed E-state index contributed by atoms with van der Waals surface area (Å²) < 4.78 is 11.5. The summed E-state index contributed by atoms with van der Waals surface area (Å²) in [5.41, 5.74) is 1.70. The summed E-state index contributed by atoms with van der Waals surface area (Å²) in [7, 11) is -0.922. The molecule has 2 N–H and O–H groups in total. The number of para-hydroxylation sites is 1. The second-order valence-electron chi connectivity index (χ2n) is 7.73. The number of fused-ring (bicyclic) bond motifs is 5. The third-order valence-corrected chi connectivity index (χ3v) is 7.09. The Kier molecular flexibility index (Phi) is 4.37. The van der Waals surface area contributed by atoms with Crippen LogP contribution in [0.5, 0.6) is 0 Å². The smallest absolute Gasteiger partial charge is 0.319 e. The van der Waals surface area contributed by atoms with E-state index in [-0.39, 0.29) is 6.03 Å². The van der Waals surface area contributed by atoms with Gasteiger partial charge in [0.15, 0.2) is 0 Å². The number of anilines is 1. The van der Waals surface area contributed by atoms with Crippen LogP contribution in [0.25, 0.3) is 0 Å². The van der Waals surface area contributed by atoms with Crippen molar-refractivity contribution in [2.24, 2.45) is 23.7 Å². The van der Waals surface area contributed by atoms with Crippen molar-refractivity contribution in [3.8, 4) is 0 Å². The lowest BCUT2D eigenvalue weighted by atomic mass is 9.79. The fraction of sp³-hybridized carbons (Fsp3) is 0.632. The lowest BCUT2D eigenvalue weighted by Gasteiger charge is -2.32. The van der Waals surface area contributed by atoms with Crippen molar-refractivity contribution in [3.63, 3.8) is 0 Å². The number of nitrogens with one attached hydrogen (secondary N) is 2. The Balaban J connectivity index is 1.39.